The van der Waals surface area contributed by atoms with Crippen LogP contribution in [-0.2, 0) is 16.1 Å². The van der Waals surface area contributed by atoms with Gasteiger partial charge in [-0.25, -0.2) is 9.59 Å². The van der Waals surface area contributed by atoms with Crippen LogP contribution in [0, 0.1) is 0 Å². The Bertz CT molecular complexity index is 671. The van der Waals surface area contributed by atoms with E-state index in [4.69, 9.17) is 4.74 Å². The number of thiophene rings is 1. The molecule has 0 radical (unpaired) electrons. The molecule has 1 amide bonds. The van der Waals surface area contributed by atoms with E-state index in [9.17, 15) is 14.7 Å². The molecule has 1 aliphatic rings. The number of nitrogens with zero attached hydrogens (tertiary/aromatic N) is 1. The summed E-state index contributed by atoms with van der Waals surface area (Å²) in [5.74, 6) is -0.930. The van der Waals surface area contributed by atoms with Crippen LogP contribution in [0.3, 0.4) is 0 Å². The molecule has 5 nitrogen and oxygen atoms in total. The second-order valence-electron chi connectivity index (χ2n) is 5.49. The lowest BCUT2D eigenvalue weighted by molar-refractivity contribution is -0.141. The number of hydrogen-bond donors (Lipinski definition) is 1. The number of rotatable bonds is 4. The SMILES string of the molecule is O=C(O)[C@@H]1CC(c2cccs2)CN1C(=O)OCc1ccccc1. The minimum absolute atomic E-state index is 0.0559. The molecule has 1 aliphatic heterocycles. The van der Waals surface area contributed by atoms with E-state index < -0.39 is 18.1 Å². The van der Waals surface area contributed by atoms with Gasteiger partial charge in [0, 0.05) is 17.3 Å². The molecule has 6 heteroatoms. The molecule has 2 heterocycles. The largest absolute Gasteiger partial charge is 0.480 e. The van der Waals surface area contributed by atoms with Crippen LogP contribution in [0.1, 0.15) is 22.8 Å². The van der Waals surface area contributed by atoms with Crippen molar-refractivity contribution < 1.29 is 19.4 Å². The second kappa shape index (κ2) is 6.83. The van der Waals surface area contributed by atoms with Gasteiger partial charge < -0.3 is 9.84 Å². The van der Waals surface area contributed by atoms with Gasteiger partial charge in [0.1, 0.15) is 12.6 Å². The number of carboxylic acids is 1. The first-order valence-corrected chi connectivity index (χ1v) is 8.26. The van der Waals surface area contributed by atoms with E-state index in [0.29, 0.717) is 13.0 Å². The average molecular weight is 331 g/mol. The predicted molar refractivity (Wildman–Crippen MR) is 86.4 cm³/mol. The molecule has 2 atom stereocenters. The fourth-order valence-corrected chi connectivity index (χ4v) is 3.64. The molecule has 120 valence electrons. The Morgan fingerprint density at radius 2 is 2.00 bits per heavy atom. The number of hydrogen-bond acceptors (Lipinski definition) is 4. The summed E-state index contributed by atoms with van der Waals surface area (Å²) in [6.45, 7) is 0.525. The Balaban J connectivity index is 1.66. The van der Waals surface area contributed by atoms with Gasteiger partial charge in [0.05, 0.1) is 0 Å². The molecule has 0 saturated carbocycles. The summed E-state index contributed by atoms with van der Waals surface area (Å²) < 4.78 is 5.29. The van der Waals surface area contributed by atoms with E-state index in [2.05, 4.69) is 0 Å². The molecule has 1 N–H and O–H groups in total. The third-order valence-corrected chi connectivity index (χ3v) is 5.01. The van der Waals surface area contributed by atoms with Crippen molar-refractivity contribution in [1.29, 1.82) is 0 Å². The Labute approximate surface area is 138 Å². The van der Waals surface area contributed by atoms with E-state index in [-0.39, 0.29) is 12.5 Å². The molecule has 1 aromatic heterocycles. The number of carboxylic acid groups (broad SMARTS) is 1. The Morgan fingerprint density at radius 3 is 2.65 bits per heavy atom. The maximum absolute atomic E-state index is 12.3. The van der Waals surface area contributed by atoms with Crippen molar-refractivity contribution in [1.82, 2.24) is 4.90 Å². The highest BCUT2D eigenvalue weighted by Gasteiger charge is 2.41. The summed E-state index contributed by atoms with van der Waals surface area (Å²) in [5.41, 5.74) is 0.877. The van der Waals surface area contributed by atoms with Crippen LogP contribution in [0.25, 0.3) is 0 Å². The predicted octanol–water partition coefficient (Wildman–Crippen LogP) is 3.33. The normalized spacial score (nSPS) is 20.4. The van der Waals surface area contributed by atoms with Crippen LogP contribution >= 0.6 is 11.3 Å². The first-order valence-electron chi connectivity index (χ1n) is 7.38. The molecule has 1 unspecified atom stereocenters. The van der Waals surface area contributed by atoms with Gasteiger partial charge in [-0.2, -0.15) is 0 Å². The molecule has 0 aliphatic carbocycles. The van der Waals surface area contributed by atoms with Crippen molar-refractivity contribution >= 4 is 23.4 Å². The van der Waals surface area contributed by atoms with E-state index in [1.807, 2.05) is 47.8 Å². The molecule has 23 heavy (non-hydrogen) atoms. The zero-order valence-corrected chi connectivity index (χ0v) is 13.2. The highest BCUT2D eigenvalue weighted by molar-refractivity contribution is 7.10. The number of aliphatic carboxylic acids is 1. The fraction of sp³-hybridized carbons (Fsp3) is 0.294. The lowest BCUT2D eigenvalue weighted by Crippen LogP contribution is -2.40. The number of carbonyl (C=O) groups is 2. The van der Waals surface area contributed by atoms with E-state index >= 15 is 0 Å². The Hall–Kier alpha value is -2.34. The minimum atomic E-state index is -0.985. The number of amides is 1. The molecular weight excluding hydrogens is 314 g/mol. The Kier molecular flexibility index (Phi) is 4.62. The number of benzene rings is 1. The van der Waals surface area contributed by atoms with Crippen molar-refractivity contribution in [2.75, 3.05) is 6.54 Å². The molecule has 3 rings (SSSR count). The van der Waals surface area contributed by atoms with Gasteiger partial charge in [0.25, 0.3) is 0 Å². The molecule has 2 aromatic rings. The van der Waals surface area contributed by atoms with Crippen LogP contribution in [0.15, 0.2) is 47.8 Å². The number of carbonyl (C=O) groups excluding carboxylic acids is 1. The Morgan fingerprint density at radius 1 is 1.22 bits per heavy atom. The second-order valence-corrected chi connectivity index (χ2v) is 6.47. The summed E-state index contributed by atoms with van der Waals surface area (Å²) in [5, 5.41) is 11.3. The summed E-state index contributed by atoms with van der Waals surface area (Å²) in [6.07, 6.45) is -0.142. The summed E-state index contributed by atoms with van der Waals surface area (Å²) >= 11 is 1.59. The number of ether oxygens (including phenoxy) is 1. The van der Waals surface area contributed by atoms with Crippen LogP contribution in [0.2, 0.25) is 0 Å². The lowest BCUT2D eigenvalue weighted by atomic mass is 10.0. The van der Waals surface area contributed by atoms with Crippen molar-refractivity contribution in [3.63, 3.8) is 0 Å². The van der Waals surface area contributed by atoms with Gasteiger partial charge in [-0.15, -0.1) is 11.3 Å². The fourth-order valence-electron chi connectivity index (χ4n) is 2.80. The molecule has 0 bridgehead atoms. The summed E-state index contributed by atoms with van der Waals surface area (Å²) in [4.78, 5) is 26.2. The molecule has 1 fully saturated rings. The lowest BCUT2D eigenvalue weighted by Gasteiger charge is -2.20. The van der Waals surface area contributed by atoms with E-state index in [1.54, 1.807) is 11.3 Å². The van der Waals surface area contributed by atoms with Gasteiger partial charge in [0.15, 0.2) is 0 Å². The van der Waals surface area contributed by atoms with Crippen molar-refractivity contribution in [2.24, 2.45) is 0 Å². The topological polar surface area (TPSA) is 66.8 Å². The minimum Gasteiger partial charge on any atom is -0.480 e. The van der Waals surface area contributed by atoms with Gasteiger partial charge >= 0.3 is 12.1 Å². The van der Waals surface area contributed by atoms with Crippen LogP contribution in [0.5, 0.6) is 0 Å². The molecule has 1 saturated heterocycles. The monoisotopic (exact) mass is 331 g/mol. The zero-order chi connectivity index (χ0) is 16.2. The third-order valence-electron chi connectivity index (χ3n) is 3.97. The van der Waals surface area contributed by atoms with Gasteiger partial charge in [-0.1, -0.05) is 36.4 Å². The molecular formula is C17H17NO4S. The van der Waals surface area contributed by atoms with Crippen molar-refractivity contribution in [2.45, 2.75) is 25.0 Å². The summed E-state index contributed by atoms with van der Waals surface area (Å²) in [7, 11) is 0. The molecule has 1 aromatic carbocycles. The maximum Gasteiger partial charge on any atom is 0.410 e. The maximum atomic E-state index is 12.3. The van der Waals surface area contributed by atoms with E-state index in [1.165, 1.54) is 4.90 Å². The highest BCUT2D eigenvalue weighted by atomic mass is 32.1. The van der Waals surface area contributed by atoms with Crippen LogP contribution in [0.4, 0.5) is 4.79 Å². The van der Waals surface area contributed by atoms with Gasteiger partial charge in [-0.05, 0) is 23.4 Å². The quantitative estimate of drug-likeness (QED) is 0.933. The highest BCUT2D eigenvalue weighted by Crippen LogP contribution is 2.34. The van der Waals surface area contributed by atoms with Crippen LogP contribution in [-0.4, -0.2) is 34.7 Å². The van der Waals surface area contributed by atoms with Crippen LogP contribution < -0.4 is 0 Å². The first-order chi connectivity index (χ1) is 11.1. The summed E-state index contributed by atoms with van der Waals surface area (Å²) in [6, 6.07) is 12.4. The van der Waals surface area contributed by atoms with Gasteiger partial charge in [0.2, 0.25) is 0 Å². The smallest absolute Gasteiger partial charge is 0.410 e. The molecule has 0 spiro atoms. The first kappa shape index (κ1) is 15.6. The zero-order valence-electron chi connectivity index (χ0n) is 12.4. The van der Waals surface area contributed by atoms with Crippen molar-refractivity contribution in [3.8, 4) is 0 Å². The third kappa shape index (κ3) is 3.53. The van der Waals surface area contributed by atoms with E-state index in [0.717, 1.165) is 10.4 Å². The number of likely N-dealkylation sites (tertiary alicyclic amines) is 1. The standard InChI is InChI=1S/C17H17NO4S/c19-16(20)14-9-13(15-7-4-8-23-15)10-18(14)17(21)22-11-12-5-2-1-3-6-12/h1-8,13-14H,9-11H2,(H,19,20)/t13?,14-/m0/s1. The average Bonchev–Trinajstić information content (AvgIpc) is 3.22. The van der Waals surface area contributed by atoms with Crippen molar-refractivity contribution in [3.05, 3.63) is 58.3 Å². The van der Waals surface area contributed by atoms with Gasteiger partial charge in [-0.3, -0.25) is 4.90 Å².